The van der Waals surface area contributed by atoms with Crippen molar-refractivity contribution in [2.45, 2.75) is 64.6 Å². The van der Waals surface area contributed by atoms with Crippen molar-refractivity contribution in [2.75, 3.05) is 24.2 Å². The molecule has 2 atom stereocenters. The Morgan fingerprint density at radius 2 is 1.79 bits per heavy atom. The summed E-state index contributed by atoms with van der Waals surface area (Å²) < 4.78 is 58.1. The lowest BCUT2D eigenvalue weighted by atomic mass is 9.81. The molecule has 1 heterocycles. The summed E-state index contributed by atoms with van der Waals surface area (Å²) in [6.07, 6.45) is 1.18. The molecule has 0 aliphatic carbocycles. The van der Waals surface area contributed by atoms with Gasteiger partial charge >= 0.3 is 0 Å². The number of hydrogen-bond acceptors (Lipinski definition) is 3. The first-order valence-electron chi connectivity index (χ1n) is 11.5. The average Bonchev–Trinajstić information content (AvgIpc) is 2.77. The van der Waals surface area contributed by atoms with Crippen molar-refractivity contribution in [2.24, 2.45) is 0 Å². The third-order valence-corrected chi connectivity index (χ3v) is 6.62. The summed E-state index contributed by atoms with van der Waals surface area (Å²) >= 11 is 0. The number of nitrogens with zero attached hydrogens (tertiary/aromatic N) is 1. The monoisotopic (exact) mass is 463 g/mol. The van der Waals surface area contributed by atoms with Crippen LogP contribution in [0, 0.1) is 11.6 Å². The minimum Gasteiger partial charge on any atom is -0.388 e. The second kappa shape index (κ2) is 10.6. The van der Waals surface area contributed by atoms with E-state index < -0.39 is 30.6 Å². The van der Waals surface area contributed by atoms with Crippen LogP contribution >= 0.6 is 0 Å². The third kappa shape index (κ3) is 5.03. The van der Waals surface area contributed by atoms with Gasteiger partial charge in [-0.05, 0) is 55.5 Å². The standard InChI is InChI=1S/C26H33F4N3/c1-6-16(7-2)32-17-12-21(27)25(22(28)13-17)26-19-9-10-23(31-5)18(8-3)20(19)11-15(4)33(26)14-24(29)30/h8-10,12-13,15-16,24,26,31-32H,3,6-7,11,14H2,1-2,4-5H3/t15?,26-/m0/s1. The molecule has 0 spiro atoms. The molecule has 180 valence electrons. The highest BCUT2D eigenvalue weighted by Crippen LogP contribution is 2.43. The van der Waals surface area contributed by atoms with Gasteiger partial charge in [0.15, 0.2) is 0 Å². The summed E-state index contributed by atoms with van der Waals surface area (Å²) in [5, 5.41) is 6.27. The molecule has 7 heteroatoms. The van der Waals surface area contributed by atoms with Crippen molar-refractivity contribution in [3.05, 3.63) is 64.7 Å². The van der Waals surface area contributed by atoms with Crippen LogP contribution in [-0.2, 0) is 6.42 Å². The summed E-state index contributed by atoms with van der Waals surface area (Å²) in [7, 11) is 1.78. The zero-order chi connectivity index (χ0) is 24.3. The van der Waals surface area contributed by atoms with Crippen molar-refractivity contribution >= 4 is 17.5 Å². The van der Waals surface area contributed by atoms with Gasteiger partial charge in [-0.3, -0.25) is 4.90 Å². The summed E-state index contributed by atoms with van der Waals surface area (Å²) in [5.41, 5.74) is 3.31. The first-order chi connectivity index (χ1) is 15.7. The molecule has 0 aromatic heterocycles. The molecule has 0 radical (unpaired) electrons. The molecular formula is C26H33F4N3. The second-order valence-electron chi connectivity index (χ2n) is 8.60. The molecule has 2 aromatic carbocycles. The largest absolute Gasteiger partial charge is 0.388 e. The lowest BCUT2D eigenvalue weighted by molar-refractivity contribution is 0.0445. The molecule has 3 nitrogen and oxygen atoms in total. The minimum absolute atomic E-state index is 0.0931. The third-order valence-electron chi connectivity index (χ3n) is 6.62. The van der Waals surface area contributed by atoms with Gasteiger partial charge in [0.1, 0.15) is 11.6 Å². The van der Waals surface area contributed by atoms with Gasteiger partial charge in [0.25, 0.3) is 6.43 Å². The Kier molecular flexibility index (Phi) is 8.05. The fourth-order valence-corrected chi connectivity index (χ4v) is 4.89. The van der Waals surface area contributed by atoms with Crippen LogP contribution in [0.15, 0.2) is 30.8 Å². The van der Waals surface area contributed by atoms with Gasteiger partial charge in [0, 0.05) is 41.6 Å². The van der Waals surface area contributed by atoms with Gasteiger partial charge in [-0.2, -0.15) is 0 Å². The van der Waals surface area contributed by atoms with Gasteiger partial charge < -0.3 is 10.6 Å². The van der Waals surface area contributed by atoms with E-state index in [2.05, 4.69) is 17.2 Å². The minimum atomic E-state index is -2.63. The van der Waals surface area contributed by atoms with E-state index in [9.17, 15) is 8.78 Å². The zero-order valence-corrected chi connectivity index (χ0v) is 19.7. The first kappa shape index (κ1) is 25.1. The van der Waals surface area contributed by atoms with Crippen LogP contribution in [0.25, 0.3) is 6.08 Å². The summed E-state index contributed by atoms with van der Waals surface area (Å²) in [4.78, 5) is 1.51. The van der Waals surface area contributed by atoms with Crippen LogP contribution in [0.1, 0.15) is 61.9 Å². The Morgan fingerprint density at radius 1 is 1.15 bits per heavy atom. The molecule has 0 saturated heterocycles. The van der Waals surface area contributed by atoms with Crippen molar-refractivity contribution in [3.8, 4) is 0 Å². The lowest BCUT2D eigenvalue weighted by Crippen LogP contribution is -2.45. The maximum atomic E-state index is 15.5. The van der Waals surface area contributed by atoms with E-state index in [1.165, 1.54) is 17.0 Å². The summed E-state index contributed by atoms with van der Waals surface area (Å²) in [5.74, 6) is -1.49. The average molecular weight is 464 g/mol. The molecule has 0 amide bonds. The highest BCUT2D eigenvalue weighted by atomic mass is 19.3. The molecule has 2 aromatic rings. The Morgan fingerprint density at radius 3 is 2.30 bits per heavy atom. The van der Waals surface area contributed by atoms with Crippen LogP contribution in [0.4, 0.5) is 28.9 Å². The molecule has 0 bridgehead atoms. The Bertz CT molecular complexity index is 965. The molecule has 3 rings (SSSR count). The number of rotatable bonds is 9. The van der Waals surface area contributed by atoms with Gasteiger partial charge in [-0.1, -0.05) is 32.6 Å². The Balaban J connectivity index is 2.19. The van der Waals surface area contributed by atoms with E-state index in [0.29, 0.717) is 17.7 Å². The van der Waals surface area contributed by atoms with E-state index in [0.717, 1.165) is 29.7 Å². The van der Waals surface area contributed by atoms with Crippen molar-refractivity contribution in [1.29, 1.82) is 0 Å². The molecule has 1 aliphatic rings. The molecule has 0 fully saturated rings. The van der Waals surface area contributed by atoms with E-state index in [1.54, 1.807) is 25.3 Å². The van der Waals surface area contributed by atoms with Gasteiger partial charge in [-0.25, -0.2) is 17.6 Å². The number of benzene rings is 2. The summed E-state index contributed by atoms with van der Waals surface area (Å²) in [6, 6.07) is 4.90. The van der Waals surface area contributed by atoms with E-state index >= 15 is 8.78 Å². The van der Waals surface area contributed by atoms with Crippen LogP contribution in [0.3, 0.4) is 0 Å². The maximum Gasteiger partial charge on any atom is 0.251 e. The van der Waals surface area contributed by atoms with Crippen molar-refractivity contribution in [1.82, 2.24) is 4.90 Å². The fourth-order valence-electron chi connectivity index (χ4n) is 4.89. The van der Waals surface area contributed by atoms with Crippen LogP contribution in [0.5, 0.6) is 0 Å². The van der Waals surface area contributed by atoms with Crippen molar-refractivity contribution < 1.29 is 17.6 Å². The first-order valence-corrected chi connectivity index (χ1v) is 11.5. The predicted octanol–water partition coefficient (Wildman–Crippen LogP) is 6.85. The molecule has 1 unspecified atom stereocenters. The van der Waals surface area contributed by atoms with Crippen molar-refractivity contribution in [3.63, 3.8) is 0 Å². The number of nitrogens with one attached hydrogen (secondary N) is 2. The highest BCUT2D eigenvalue weighted by molar-refractivity contribution is 5.71. The number of alkyl halides is 2. The Labute approximate surface area is 193 Å². The lowest BCUT2D eigenvalue weighted by Gasteiger charge is -2.43. The Hall–Kier alpha value is -2.54. The van der Waals surface area contributed by atoms with Gasteiger partial charge in [0.2, 0.25) is 0 Å². The molecule has 33 heavy (non-hydrogen) atoms. The van der Waals surface area contributed by atoms with E-state index in [4.69, 9.17) is 0 Å². The number of hydrogen-bond donors (Lipinski definition) is 2. The molecule has 2 N–H and O–H groups in total. The number of anilines is 2. The van der Waals surface area contributed by atoms with E-state index in [-0.39, 0.29) is 17.6 Å². The molecule has 1 aliphatic heterocycles. The zero-order valence-electron chi connectivity index (χ0n) is 19.7. The topological polar surface area (TPSA) is 27.3 Å². The molecule has 0 saturated carbocycles. The number of halogens is 4. The van der Waals surface area contributed by atoms with Crippen LogP contribution in [-0.4, -0.2) is 37.0 Å². The maximum absolute atomic E-state index is 15.5. The van der Waals surface area contributed by atoms with Crippen LogP contribution < -0.4 is 10.6 Å². The van der Waals surface area contributed by atoms with E-state index in [1.807, 2.05) is 20.8 Å². The predicted molar refractivity (Wildman–Crippen MR) is 128 cm³/mol. The fraction of sp³-hybridized carbons (Fsp3) is 0.462. The molecular weight excluding hydrogens is 430 g/mol. The van der Waals surface area contributed by atoms with Gasteiger partial charge in [0.05, 0.1) is 12.6 Å². The van der Waals surface area contributed by atoms with Crippen LogP contribution in [0.2, 0.25) is 0 Å². The smallest absolute Gasteiger partial charge is 0.251 e. The summed E-state index contributed by atoms with van der Waals surface area (Å²) in [6.45, 7) is 9.14. The quantitative estimate of drug-likeness (QED) is 0.398. The highest BCUT2D eigenvalue weighted by Gasteiger charge is 2.38. The number of fused-ring (bicyclic) bond motifs is 1. The normalized spacial score (nSPS) is 18.5. The SMILES string of the molecule is C=Cc1c(NC)ccc2c1CC(C)N(CC(F)F)[C@@H]2c1c(F)cc(NC(CC)CC)cc1F. The second-order valence-corrected chi connectivity index (χ2v) is 8.60. The van der Waals surface area contributed by atoms with Gasteiger partial charge in [-0.15, -0.1) is 0 Å².